The average Bonchev–Trinajstić information content (AvgIpc) is 2.65. The molecule has 3 nitrogen and oxygen atoms in total. The topological polar surface area (TPSA) is 32.7 Å². The molecule has 19 heavy (non-hydrogen) atoms. The third-order valence-corrected chi connectivity index (χ3v) is 3.76. The second-order valence-corrected chi connectivity index (χ2v) is 5.26. The van der Waals surface area contributed by atoms with E-state index in [1.54, 1.807) is 0 Å². The number of nitrogens with zero attached hydrogens (tertiary/aromatic N) is 2. The summed E-state index contributed by atoms with van der Waals surface area (Å²) in [5.74, 6) is 0.733. The highest BCUT2D eigenvalue weighted by Crippen LogP contribution is 2.43. The zero-order valence-corrected chi connectivity index (χ0v) is 12.1. The first-order chi connectivity index (χ1) is 9.09. The lowest BCUT2D eigenvalue weighted by Gasteiger charge is -2.24. The molecule has 1 aliphatic heterocycles. The monoisotopic (exact) mass is 270 g/mol. The van der Waals surface area contributed by atoms with E-state index in [4.69, 9.17) is 0 Å². The van der Waals surface area contributed by atoms with E-state index in [0.29, 0.717) is 0 Å². The maximum Gasteiger partial charge on any atom is 0.261 e. The number of anilines is 1. The lowest BCUT2D eigenvalue weighted by Crippen LogP contribution is -2.28. The van der Waals surface area contributed by atoms with Gasteiger partial charge in [0.15, 0.2) is 0 Å². The first-order valence-corrected chi connectivity index (χ1v) is 6.83. The van der Waals surface area contributed by atoms with Gasteiger partial charge in [-0.05, 0) is 40.1 Å². The fraction of sp³-hybridized carbons (Fsp3) is 0.200. The molecule has 2 atom stereocenters. The standard InChI is InChI=1S/C15H15N2OP/c1-9-12-7-3-5-11-6-4-8-13(14(11)12)17(9)10(2)16-15(18)19/h3-9H,19H2,1-2H3/b16-10+. The number of amides is 1. The fourth-order valence-corrected chi connectivity index (χ4v) is 3.10. The molecule has 0 radical (unpaired) electrons. The number of benzene rings is 2. The van der Waals surface area contributed by atoms with Crippen LogP contribution in [0, 0.1) is 0 Å². The van der Waals surface area contributed by atoms with Crippen LogP contribution in [0.15, 0.2) is 41.4 Å². The predicted molar refractivity (Wildman–Crippen MR) is 83.1 cm³/mol. The summed E-state index contributed by atoms with van der Waals surface area (Å²) in [6, 6.07) is 12.8. The van der Waals surface area contributed by atoms with E-state index < -0.39 is 0 Å². The van der Waals surface area contributed by atoms with Crippen molar-refractivity contribution in [1.29, 1.82) is 0 Å². The Morgan fingerprint density at radius 2 is 1.95 bits per heavy atom. The molecule has 0 saturated carbocycles. The number of aliphatic imine (C=N–C) groups is 1. The number of carbonyl (C=O) groups excluding carboxylic acids is 1. The normalized spacial score (nSPS) is 18.2. The first kappa shape index (κ1) is 12.3. The minimum atomic E-state index is -0.243. The van der Waals surface area contributed by atoms with Gasteiger partial charge in [0.1, 0.15) is 5.84 Å². The fourth-order valence-electron chi connectivity index (χ4n) is 2.91. The Bertz CT molecular complexity index is 703. The van der Waals surface area contributed by atoms with Gasteiger partial charge in [0.05, 0.1) is 11.7 Å². The summed E-state index contributed by atoms with van der Waals surface area (Å²) in [4.78, 5) is 17.4. The zero-order valence-electron chi connectivity index (χ0n) is 10.9. The van der Waals surface area contributed by atoms with Crippen molar-refractivity contribution in [2.24, 2.45) is 4.99 Å². The Morgan fingerprint density at radius 3 is 2.63 bits per heavy atom. The minimum absolute atomic E-state index is 0.203. The SMILES string of the molecule is C/C(=N\C(=O)P)N1c2cccc3cccc(c23)C1C. The Labute approximate surface area is 114 Å². The summed E-state index contributed by atoms with van der Waals surface area (Å²) >= 11 is 0. The van der Waals surface area contributed by atoms with Crippen LogP contribution in [-0.4, -0.2) is 11.5 Å². The van der Waals surface area contributed by atoms with E-state index in [1.807, 2.05) is 13.0 Å². The summed E-state index contributed by atoms with van der Waals surface area (Å²) < 4.78 is 0. The molecule has 1 aliphatic rings. The van der Waals surface area contributed by atoms with E-state index >= 15 is 0 Å². The molecule has 1 amide bonds. The number of amidine groups is 1. The van der Waals surface area contributed by atoms with E-state index in [9.17, 15) is 4.79 Å². The van der Waals surface area contributed by atoms with E-state index in [2.05, 4.69) is 56.4 Å². The van der Waals surface area contributed by atoms with Crippen LogP contribution in [0.4, 0.5) is 10.5 Å². The molecule has 96 valence electrons. The lowest BCUT2D eigenvalue weighted by atomic mass is 10.0. The molecule has 1 heterocycles. The molecule has 4 heteroatoms. The van der Waals surface area contributed by atoms with Gasteiger partial charge in [-0.3, -0.25) is 4.79 Å². The van der Waals surface area contributed by atoms with Gasteiger partial charge in [-0.2, -0.15) is 4.99 Å². The predicted octanol–water partition coefficient (Wildman–Crippen LogP) is 4.13. The molecule has 2 aromatic rings. The van der Waals surface area contributed by atoms with Gasteiger partial charge < -0.3 is 4.90 Å². The molecule has 0 N–H and O–H groups in total. The molecule has 2 unspecified atom stereocenters. The smallest absolute Gasteiger partial charge is 0.261 e. The Kier molecular flexibility index (Phi) is 2.87. The zero-order chi connectivity index (χ0) is 13.6. The molecule has 0 bridgehead atoms. The molecular weight excluding hydrogens is 255 g/mol. The molecule has 0 spiro atoms. The molecule has 2 aromatic carbocycles. The van der Waals surface area contributed by atoms with E-state index in [-0.39, 0.29) is 11.7 Å². The summed E-state index contributed by atoms with van der Waals surface area (Å²) in [5.41, 5.74) is 2.18. The highest BCUT2D eigenvalue weighted by atomic mass is 31.0. The van der Waals surface area contributed by atoms with Crippen molar-refractivity contribution in [2.75, 3.05) is 4.90 Å². The Balaban J connectivity index is 2.23. The molecule has 0 aromatic heterocycles. The number of hydrogen-bond acceptors (Lipinski definition) is 1. The number of carbonyl (C=O) groups is 1. The molecule has 0 fully saturated rings. The van der Waals surface area contributed by atoms with Crippen LogP contribution in [0.3, 0.4) is 0 Å². The van der Waals surface area contributed by atoms with Gasteiger partial charge in [0.2, 0.25) is 0 Å². The van der Waals surface area contributed by atoms with Crippen LogP contribution < -0.4 is 4.90 Å². The van der Waals surface area contributed by atoms with Crippen molar-refractivity contribution in [3.8, 4) is 0 Å². The van der Waals surface area contributed by atoms with E-state index in [0.717, 1.165) is 11.5 Å². The molecule has 3 rings (SSSR count). The second kappa shape index (κ2) is 4.43. The maximum absolute atomic E-state index is 11.2. The summed E-state index contributed by atoms with van der Waals surface area (Å²) in [5, 5.41) is 2.50. The third-order valence-electron chi connectivity index (χ3n) is 3.63. The maximum atomic E-state index is 11.2. The van der Waals surface area contributed by atoms with Crippen LogP contribution >= 0.6 is 9.24 Å². The van der Waals surface area contributed by atoms with E-state index in [1.165, 1.54) is 16.3 Å². The van der Waals surface area contributed by atoms with Gasteiger partial charge in [-0.25, -0.2) is 0 Å². The van der Waals surface area contributed by atoms with Crippen molar-refractivity contribution < 1.29 is 4.79 Å². The summed E-state index contributed by atoms with van der Waals surface area (Å²) in [7, 11) is 2.10. The molecule has 0 saturated heterocycles. The lowest BCUT2D eigenvalue weighted by molar-refractivity contribution is 0.267. The highest BCUT2D eigenvalue weighted by Gasteiger charge is 2.29. The number of rotatable bonds is 0. The van der Waals surface area contributed by atoms with Crippen molar-refractivity contribution in [2.45, 2.75) is 19.9 Å². The molecule has 0 aliphatic carbocycles. The Hall–Kier alpha value is -1.73. The van der Waals surface area contributed by atoms with Crippen LogP contribution in [0.1, 0.15) is 25.5 Å². The van der Waals surface area contributed by atoms with Crippen molar-refractivity contribution >= 4 is 37.2 Å². The van der Waals surface area contributed by atoms with Gasteiger partial charge in [0, 0.05) is 5.39 Å². The Morgan fingerprint density at radius 1 is 1.26 bits per heavy atom. The summed E-state index contributed by atoms with van der Waals surface area (Å²) in [6.07, 6.45) is 0. The van der Waals surface area contributed by atoms with Crippen LogP contribution in [0.5, 0.6) is 0 Å². The van der Waals surface area contributed by atoms with Crippen LogP contribution in [0.2, 0.25) is 0 Å². The third kappa shape index (κ3) is 1.85. The van der Waals surface area contributed by atoms with Crippen LogP contribution in [-0.2, 0) is 0 Å². The minimum Gasteiger partial charge on any atom is -0.322 e. The quantitative estimate of drug-likeness (QED) is 0.409. The van der Waals surface area contributed by atoms with Gasteiger partial charge >= 0.3 is 0 Å². The van der Waals surface area contributed by atoms with Crippen LogP contribution in [0.25, 0.3) is 10.8 Å². The second-order valence-electron chi connectivity index (χ2n) is 4.77. The summed E-state index contributed by atoms with van der Waals surface area (Å²) in [6.45, 7) is 4.02. The largest absolute Gasteiger partial charge is 0.322 e. The van der Waals surface area contributed by atoms with Gasteiger partial charge in [-0.1, -0.05) is 30.3 Å². The average molecular weight is 270 g/mol. The van der Waals surface area contributed by atoms with Crippen molar-refractivity contribution in [1.82, 2.24) is 0 Å². The van der Waals surface area contributed by atoms with Gasteiger partial charge in [0.25, 0.3) is 5.65 Å². The van der Waals surface area contributed by atoms with Crippen molar-refractivity contribution in [3.05, 3.63) is 42.0 Å². The van der Waals surface area contributed by atoms with Crippen molar-refractivity contribution in [3.63, 3.8) is 0 Å². The van der Waals surface area contributed by atoms with Gasteiger partial charge in [-0.15, -0.1) is 0 Å². The highest BCUT2D eigenvalue weighted by molar-refractivity contribution is 7.40. The number of hydrogen-bond donors (Lipinski definition) is 0. The molecular formula is C15H15N2OP. The first-order valence-electron chi connectivity index (χ1n) is 6.25.